The van der Waals surface area contributed by atoms with Gasteiger partial charge in [-0.15, -0.1) is 0 Å². The lowest BCUT2D eigenvalue weighted by atomic mass is 10.1. The third-order valence-electron chi connectivity index (χ3n) is 2.98. The molecule has 102 valence electrons. The van der Waals surface area contributed by atoms with E-state index < -0.39 is 24.1 Å². The Bertz CT molecular complexity index is 510. The van der Waals surface area contributed by atoms with Gasteiger partial charge in [0.1, 0.15) is 6.04 Å². The van der Waals surface area contributed by atoms with Crippen LogP contribution < -0.4 is 4.90 Å². The molecule has 1 atom stereocenters. The molecule has 2 rings (SSSR count). The second-order valence-corrected chi connectivity index (χ2v) is 4.21. The summed E-state index contributed by atoms with van der Waals surface area (Å²) in [5.74, 6) is -1.78. The fourth-order valence-electron chi connectivity index (χ4n) is 2.08. The van der Waals surface area contributed by atoms with Gasteiger partial charge in [-0.25, -0.2) is 4.79 Å². The number of carboxylic acids is 1. The molecule has 1 aromatic carbocycles. The predicted molar refractivity (Wildman–Crippen MR) is 60.0 cm³/mol. The lowest BCUT2D eigenvalue weighted by molar-refractivity contribution is -0.148. The zero-order valence-electron chi connectivity index (χ0n) is 9.65. The smallest absolute Gasteiger partial charge is 0.409 e. The van der Waals surface area contributed by atoms with Crippen molar-refractivity contribution in [3.8, 4) is 0 Å². The van der Waals surface area contributed by atoms with Gasteiger partial charge in [0, 0.05) is 12.1 Å². The molecule has 1 heterocycles. The molecule has 0 radical (unpaired) electrons. The Morgan fingerprint density at radius 1 is 1.26 bits per heavy atom. The van der Waals surface area contributed by atoms with E-state index in [9.17, 15) is 22.8 Å². The van der Waals surface area contributed by atoms with Gasteiger partial charge in [-0.1, -0.05) is 0 Å². The summed E-state index contributed by atoms with van der Waals surface area (Å²) in [5.41, 5.74) is 0.0220. The number of aromatic carboxylic acids is 1. The van der Waals surface area contributed by atoms with E-state index in [0.29, 0.717) is 4.90 Å². The molecular formula is C12H10F3NO3. The van der Waals surface area contributed by atoms with Gasteiger partial charge in [0.25, 0.3) is 0 Å². The Hall–Kier alpha value is -2.05. The minimum Gasteiger partial charge on any atom is -0.478 e. The molecule has 1 N–H and O–H groups in total. The highest BCUT2D eigenvalue weighted by Crippen LogP contribution is 2.36. The summed E-state index contributed by atoms with van der Waals surface area (Å²) in [6, 6.07) is 2.94. The van der Waals surface area contributed by atoms with E-state index in [4.69, 9.17) is 5.11 Å². The molecule has 19 heavy (non-hydrogen) atoms. The number of rotatable bonds is 2. The molecule has 1 saturated heterocycles. The number of carboxylic acid groups (broad SMARTS) is 1. The third kappa shape index (κ3) is 2.54. The maximum Gasteiger partial charge on any atom is 0.409 e. The van der Waals surface area contributed by atoms with E-state index in [1.54, 1.807) is 0 Å². The van der Waals surface area contributed by atoms with Gasteiger partial charge < -0.3 is 10.0 Å². The van der Waals surface area contributed by atoms with E-state index in [-0.39, 0.29) is 24.1 Å². The van der Waals surface area contributed by atoms with E-state index >= 15 is 0 Å². The van der Waals surface area contributed by atoms with Crippen LogP contribution in [0.4, 0.5) is 18.9 Å². The van der Waals surface area contributed by atoms with Crippen molar-refractivity contribution < 1.29 is 27.9 Å². The lowest BCUT2D eigenvalue weighted by Gasteiger charge is -2.26. The molecule has 0 bridgehead atoms. The van der Waals surface area contributed by atoms with Crippen molar-refractivity contribution in [1.29, 1.82) is 0 Å². The van der Waals surface area contributed by atoms with Crippen molar-refractivity contribution in [1.82, 2.24) is 0 Å². The number of benzene rings is 1. The van der Waals surface area contributed by atoms with Crippen LogP contribution >= 0.6 is 0 Å². The predicted octanol–water partition coefficient (Wildman–Crippen LogP) is 2.44. The minimum absolute atomic E-state index is 0.0426. The van der Waals surface area contributed by atoms with Gasteiger partial charge in [-0.2, -0.15) is 13.2 Å². The number of halogens is 3. The number of carbonyl (C=O) groups is 2. The topological polar surface area (TPSA) is 57.6 Å². The normalized spacial score (nSPS) is 19.8. The summed E-state index contributed by atoms with van der Waals surface area (Å²) < 4.78 is 38.4. The number of amides is 1. The summed E-state index contributed by atoms with van der Waals surface area (Å²) in [7, 11) is 0. The highest BCUT2D eigenvalue weighted by atomic mass is 19.4. The first-order valence-electron chi connectivity index (χ1n) is 5.53. The van der Waals surface area contributed by atoms with Crippen LogP contribution in [0.25, 0.3) is 0 Å². The number of anilines is 1. The molecule has 0 spiro atoms. The van der Waals surface area contributed by atoms with E-state index in [1.807, 2.05) is 0 Å². The maximum absolute atomic E-state index is 12.8. The Morgan fingerprint density at radius 2 is 1.84 bits per heavy atom. The van der Waals surface area contributed by atoms with Gasteiger partial charge in [-0.3, -0.25) is 4.79 Å². The molecule has 4 nitrogen and oxygen atoms in total. The maximum atomic E-state index is 12.8. The van der Waals surface area contributed by atoms with Crippen LogP contribution in [0.3, 0.4) is 0 Å². The minimum atomic E-state index is -4.49. The summed E-state index contributed by atoms with van der Waals surface area (Å²) in [5, 5.41) is 8.71. The second-order valence-electron chi connectivity index (χ2n) is 4.21. The van der Waals surface area contributed by atoms with Crippen LogP contribution in [0.1, 0.15) is 23.2 Å². The summed E-state index contributed by atoms with van der Waals surface area (Å²) in [6.45, 7) is 0. The monoisotopic (exact) mass is 273 g/mol. The van der Waals surface area contributed by atoms with Crippen molar-refractivity contribution in [3.05, 3.63) is 29.8 Å². The van der Waals surface area contributed by atoms with Gasteiger partial charge in [0.2, 0.25) is 5.91 Å². The van der Waals surface area contributed by atoms with Crippen molar-refractivity contribution in [2.24, 2.45) is 0 Å². The highest BCUT2D eigenvalue weighted by molar-refractivity contribution is 5.97. The molecule has 0 aliphatic carbocycles. The van der Waals surface area contributed by atoms with Gasteiger partial charge >= 0.3 is 12.1 Å². The molecule has 1 fully saturated rings. The molecule has 0 saturated carbocycles. The first kappa shape index (κ1) is 13.4. The standard InChI is InChI=1S/C12H10F3NO3/c13-12(14,15)9-5-6-10(17)16(9)8-3-1-7(2-4-8)11(18)19/h1-4,9H,5-6H2,(H,18,19)/t9-/m1/s1. The number of carbonyl (C=O) groups excluding carboxylic acids is 1. The van der Waals surface area contributed by atoms with Crippen LogP contribution in [-0.2, 0) is 4.79 Å². The van der Waals surface area contributed by atoms with Crippen molar-refractivity contribution in [2.45, 2.75) is 25.1 Å². The number of nitrogens with zero attached hydrogens (tertiary/aromatic N) is 1. The van der Waals surface area contributed by atoms with Crippen LogP contribution in [0.15, 0.2) is 24.3 Å². The van der Waals surface area contributed by atoms with Gasteiger partial charge in [0.05, 0.1) is 5.56 Å². The molecule has 7 heteroatoms. The average molecular weight is 273 g/mol. The number of alkyl halides is 3. The Kier molecular flexibility index (Phi) is 3.21. The lowest BCUT2D eigenvalue weighted by Crippen LogP contribution is -2.43. The third-order valence-corrected chi connectivity index (χ3v) is 2.98. The SMILES string of the molecule is O=C(O)c1ccc(N2C(=O)CC[C@@H]2C(F)(F)F)cc1. The van der Waals surface area contributed by atoms with E-state index in [2.05, 4.69) is 0 Å². The zero-order chi connectivity index (χ0) is 14.2. The Morgan fingerprint density at radius 3 is 2.32 bits per heavy atom. The quantitative estimate of drug-likeness (QED) is 0.900. The van der Waals surface area contributed by atoms with Gasteiger partial charge in [0.15, 0.2) is 0 Å². The van der Waals surface area contributed by atoms with Crippen molar-refractivity contribution >= 4 is 17.6 Å². The van der Waals surface area contributed by atoms with E-state index in [1.165, 1.54) is 24.3 Å². The van der Waals surface area contributed by atoms with Gasteiger partial charge in [-0.05, 0) is 30.7 Å². The molecule has 1 aromatic rings. The fraction of sp³-hybridized carbons (Fsp3) is 0.333. The largest absolute Gasteiger partial charge is 0.478 e. The van der Waals surface area contributed by atoms with Crippen molar-refractivity contribution in [2.75, 3.05) is 4.90 Å². The molecule has 1 aliphatic heterocycles. The van der Waals surface area contributed by atoms with Crippen LogP contribution in [0, 0.1) is 0 Å². The molecule has 1 amide bonds. The van der Waals surface area contributed by atoms with Crippen LogP contribution in [0.5, 0.6) is 0 Å². The first-order chi connectivity index (χ1) is 8.80. The highest BCUT2D eigenvalue weighted by Gasteiger charge is 2.49. The zero-order valence-corrected chi connectivity index (χ0v) is 9.65. The van der Waals surface area contributed by atoms with Crippen molar-refractivity contribution in [3.63, 3.8) is 0 Å². The summed E-state index contributed by atoms with van der Waals surface area (Å²) >= 11 is 0. The second kappa shape index (κ2) is 4.56. The number of hydrogen-bond donors (Lipinski definition) is 1. The average Bonchev–Trinajstić information content (AvgIpc) is 2.71. The molecule has 0 unspecified atom stereocenters. The van der Waals surface area contributed by atoms with Crippen LogP contribution in [-0.4, -0.2) is 29.2 Å². The van der Waals surface area contributed by atoms with Crippen LogP contribution in [0.2, 0.25) is 0 Å². The Balaban J connectivity index is 2.33. The summed E-state index contributed by atoms with van der Waals surface area (Å²) in [4.78, 5) is 22.9. The Labute approximate surface area is 106 Å². The van der Waals surface area contributed by atoms with E-state index in [0.717, 1.165) is 0 Å². The summed E-state index contributed by atoms with van der Waals surface area (Å²) in [6.07, 6.45) is -4.93. The number of hydrogen-bond acceptors (Lipinski definition) is 2. The molecule has 0 aromatic heterocycles. The molecular weight excluding hydrogens is 263 g/mol. The first-order valence-corrected chi connectivity index (χ1v) is 5.53. The molecule has 1 aliphatic rings. The fourth-order valence-corrected chi connectivity index (χ4v) is 2.08.